The first-order chi connectivity index (χ1) is 9.73. The molecule has 114 valence electrons. The summed E-state index contributed by atoms with van der Waals surface area (Å²) in [6, 6.07) is 8.12. The van der Waals surface area contributed by atoms with E-state index in [1.807, 2.05) is 12.1 Å². The van der Waals surface area contributed by atoms with Crippen LogP contribution in [0.15, 0.2) is 35.4 Å². The molecule has 4 nitrogen and oxygen atoms in total. The summed E-state index contributed by atoms with van der Waals surface area (Å²) in [4.78, 5) is 24.6. The molecule has 1 N–H and O–H groups in total. The lowest BCUT2D eigenvalue weighted by Crippen LogP contribution is -2.28. The molecule has 1 aromatic rings. The monoisotopic (exact) mass is 289 g/mol. The molecule has 1 aromatic carbocycles. The van der Waals surface area contributed by atoms with E-state index in [-0.39, 0.29) is 17.1 Å². The van der Waals surface area contributed by atoms with E-state index in [0.717, 1.165) is 5.56 Å². The Labute approximate surface area is 126 Å². The smallest absolute Gasteiger partial charge is 0.331 e. The van der Waals surface area contributed by atoms with Gasteiger partial charge in [0, 0.05) is 24.7 Å². The summed E-state index contributed by atoms with van der Waals surface area (Å²) in [7, 11) is 1.68. The van der Waals surface area contributed by atoms with Crippen molar-refractivity contribution in [2.24, 2.45) is 0 Å². The van der Waals surface area contributed by atoms with Gasteiger partial charge in [-0.2, -0.15) is 0 Å². The van der Waals surface area contributed by atoms with E-state index in [2.05, 4.69) is 26.0 Å². The highest BCUT2D eigenvalue weighted by molar-refractivity contribution is 6.01. The number of hydrogen-bond acceptors (Lipinski definition) is 2. The Morgan fingerprint density at radius 1 is 1.10 bits per heavy atom. The van der Waals surface area contributed by atoms with Crippen LogP contribution in [0.5, 0.6) is 0 Å². The molecule has 0 unspecified atom stereocenters. The van der Waals surface area contributed by atoms with Gasteiger partial charge in [-0.3, -0.25) is 4.79 Å². The van der Waals surface area contributed by atoms with Crippen LogP contribution in [0.25, 0.3) is 0 Å². The van der Waals surface area contributed by atoms with Gasteiger partial charge in [0.25, 0.3) is 0 Å². The highest BCUT2D eigenvalue weighted by Gasteiger charge is 2.16. The SMILES string of the molecule is CC(C(=O)O)=C(C)C(=O)N(C)Cc1ccc(C(C)C)cc1. The summed E-state index contributed by atoms with van der Waals surface area (Å²) in [6.07, 6.45) is 0. The number of benzene rings is 1. The van der Waals surface area contributed by atoms with Gasteiger partial charge >= 0.3 is 5.97 Å². The number of carbonyl (C=O) groups excluding carboxylic acids is 1. The maximum Gasteiger partial charge on any atom is 0.331 e. The second kappa shape index (κ2) is 7.07. The van der Waals surface area contributed by atoms with Crippen molar-refractivity contribution in [2.45, 2.75) is 40.2 Å². The topological polar surface area (TPSA) is 57.6 Å². The molecular formula is C17H23NO3. The minimum Gasteiger partial charge on any atom is -0.478 e. The standard InChI is InChI=1S/C17H23NO3/c1-11(2)15-8-6-14(7-9-15)10-18(5)16(19)12(3)13(4)17(20)21/h6-9,11H,10H2,1-5H3,(H,20,21). The number of amides is 1. The summed E-state index contributed by atoms with van der Waals surface area (Å²) < 4.78 is 0. The fraction of sp³-hybridized carbons (Fsp3) is 0.412. The maximum absolute atomic E-state index is 12.2. The molecule has 0 spiro atoms. The molecule has 21 heavy (non-hydrogen) atoms. The summed E-state index contributed by atoms with van der Waals surface area (Å²) in [5.74, 6) is -0.847. The predicted molar refractivity (Wildman–Crippen MR) is 83.0 cm³/mol. The highest BCUT2D eigenvalue weighted by atomic mass is 16.4. The molecule has 0 saturated heterocycles. The largest absolute Gasteiger partial charge is 0.478 e. The van der Waals surface area contributed by atoms with Gasteiger partial charge in [0.1, 0.15) is 0 Å². The Balaban J connectivity index is 2.81. The summed E-state index contributed by atoms with van der Waals surface area (Å²) >= 11 is 0. The first-order valence-corrected chi connectivity index (χ1v) is 6.99. The fourth-order valence-electron chi connectivity index (χ4n) is 1.96. The summed E-state index contributed by atoms with van der Waals surface area (Å²) in [5.41, 5.74) is 2.63. The van der Waals surface area contributed by atoms with Crippen molar-refractivity contribution in [1.29, 1.82) is 0 Å². The van der Waals surface area contributed by atoms with Crippen molar-refractivity contribution in [2.75, 3.05) is 7.05 Å². The van der Waals surface area contributed by atoms with Gasteiger partial charge in [-0.1, -0.05) is 38.1 Å². The number of carboxylic acid groups (broad SMARTS) is 1. The van der Waals surface area contributed by atoms with E-state index in [0.29, 0.717) is 12.5 Å². The van der Waals surface area contributed by atoms with Crippen LogP contribution >= 0.6 is 0 Å². The van der Waals surface area contributed by atoms with E-state index >= 15 is 0 Å². The van der Waals surface area contributed by atoms with Crippen LogP contribution in [-0.4, -0.2) is 28.9 Å². The number of carboxylic acids is 1. The van der Waals surface area contributed by atoms with E-state index in [1.54, 1.807) is 14.0 Å². The van der Waals surface area contributed by atoms with Crippen LogP contribution in [0.1, 0.15) is 44.7 Å². The maximum atomic E-state index is 12.2. The Morgan fingerprint density at radius 2 is 1.62 bits per heavy atom. The van der Waals surface area contributed by atoms with Crippen LogP contribution < -0.4 is 0 Å². The molecule has 0 heterocycles. The molecule has 0 saturated carbocycles. The number of carbonyl (C=O) groups is 2. The Bertz CT molecular complexity index is 556. The van der Waals surface area contributed by atoms with Crippen LogP contribution in [0.4, 0.5) is 0 Å². The van der Waals surface area contributed by atoms with Gasteiger partial charge in [0.05, 0.1) is 0 Å². The zero-order valence-corrected chi connectivity index (χ0v) is 13.3. The van der Waals surface area contributed by atoms with Gasteiger partial charge in [0.2, 0.25) is 5.91 Å². The summed E-state index contributed by atoms with van der Waals surface area (Å²) in [6.45, 7) is 7.72. The zero-order valence-electron chi connectivity index (χ0n) is 13.3. The van der Waals surface area contributed by atoms with E-state index in [9.17, 15) is 9.59 Å². The van der Waals surface area contributed by atoms with Gasteiger partial charge in [-0.15, -0.1) is 0 Å². The molecule has 0 aromatic heterocycles. The zero-order chi connectivity index (χ0) is 16.2. The van der Waals surface area contributed by atoms with Crippen molar-refractivity contribution >= 4 is 11.9 Å². The van der Waals surface area contributed by atoms with Crippen LogP contribution in [0.3, 0.4) is 0 Å². The Morgan fingerprint density at radius 3 is 2.05 bits per heavy atom. The molecule has 1 rings (SSSR count). The van der Waals surface area contributed by atoms with Crippen LogP contribution in [0.2, 0.25) is 0 Å². The van der Waals surface area contributed by atoms with Gasteiger partial charge < -0.3 is 10.0 Å². The third kappa shape index (κ3) is 4.45. The predicted octanol–water partition coefficient (Wildman–Crippen LogP) is 3.19. The van der Waals surface area contributed by atoms with Crippen molar-refractivity contribution < 1.29 is 14.7 Å². The van der Waals surface area contributed by atoms with E-state index in [4.69, 9.17) is 5.11 Å². The fourth-order valence-corrected chi connectivity index (χ4v) is 1.96. The number of nitrogens with zero attached hydrogens (tertiary/aromatic N) is 1. The molecule has 0 radical (unpaired) electrons. The normalized spacial score (nSPS) is 12.1. The molecule has 0 atom stereocenters. The minimum absolute atomic E-state index is 0.0852. The van der Waals surface area contributed by atoms with Gasteiger partial charge in [0.15, 0.2) is 0 Å². The molecule has 0 aliphatic rings. The summed E-state index contributed by atoms with van der Waals surface area (Å²) in [5, 5.41) is 8.93. The third-order valence-corrected chi connectivity index (χ3v) is 3.62. The van der Waals surface area contributed by atoms with E-state index in [1.165, 1.54) is 17.4 Å². The van der Waals surface area contributed by atoms with Crippen LogP contribution in [0, 0.1) is 0 Å². The average molecular weight is 289 g/mol. The molecule has 4 heteroatoms. The minimum atomic E-state index is -1.06. The van der Waals surface area contributed by atoms with Crippen molar-refractivity contribution in [3.05, 3.63) is 46.5 Å². The number of aliphatic carboxylic acids is 1. The molecule has 0 fully saturated rings. The Kier molecular flexibility index (Phi) is 5.70. The Hall–Kier alpha value is -2.10. The van der Waals surface area contributed by atoms with Crippen molar-refractivity contribution in [3.8, 4) is 0 Å². The first-order valence-electron chi connectivity index (χ1n) is 6.99. The molecular weight excluding hydrogens is 266 g/mol. The van der Waals surface area contributed by atoms with Crippen LogP contribution in [-0.2, 0) is 16.1 Å². The van der Waals surface area contributed by atoms with E-state index < -0.39 is 5.97 Å². The van der Waals surface area contributed by atoms with Crippen molar-refractivity contribution in [3.63, 3.8) is 0 Å². The lowest BCUT2D eigenvalue weighted by atomic mass is 10.0. The first kappa shape index (κ1) is 17.0. The van der Waals surface area contributed by atoms with Gasteiger partial charge in [-0.25, -0.2) is 4.79 Å². The average Bonchev–Trinajstić information content (AvgIpc) is 2.45. The number of likely N-dealkylation sites (N-methyl/N-ethyl adjacent to an activating group) is 1. The lowest BCUT2D eigenvalue weighted by Gasteiger charge is -2.18. The lowest BCUT2D eigenvalue weighted by molar-refractivity contribution is -0.133. The number of hydrogen-bond donors (Lipinski definition) is 1. The molecule has 0 aliphatic carbocycles. The highest BCUT2D eigenvalue weighted by Crippen LogP contribution is 2.16. The second-order valence-electron chi connectivity index (χ2n) is 5.61. The molecule has 1 amide bonds. The van der Waals surface area contributed by atoms with Gasteiger partial charge in [-0.05, 0) is 30.9 Å². The molecule has 0 bridgehead atoms. The second-order valence-corrected chi connectivity index (χ2v) is 5.61. The number of rotatable bonds is 5. The third-order valence-electron chi connectivity index (χ3n) is 3.62. The molecule has 0 aliphatic heterocycles. The van der Waals surface area contributed by atoms with Crippen molar-refractivity contribution in [1.82, 2.24) is 4.90 Å². The quantitative estimate of drug-likeness (QED) is 0.847.